The van der Waals surface area contributed by atoms with Crippen molar-refractivity contribution in [2.24, 2.45) is 11.7 Å². The van der Waals surface area contributed by atoms with Gasteiger partial charge in [0.2, 0.25) is 5.91 Å². The van der Waals surface area contributed by atoms with E-state index in [-0.39, 0.29) is 36.1 Å². The van der Waals surface area contributed by atoms with Gasteiger partial charge in [0, 0.05) is 30.6 Å². The van der Waals surface area contributed by atoms with Crippen LogP contribution in [0, 0.1) is 11.3 Å². The highest BCUT2D eigenvalue weighted by molar-refractivity contribution is 5.99. The fourth-order valence-electron chi connectivity index (χ4n) is 5.32. The number of hydrogen-bond acceptors (Lipinski definition) is 5. The third kappa shape index (κ3) is 7.81. The van der Waals surface area contributed by atoms with Crippen LogP contribution >= 0.6 is 0 Å². The maximum atomic E-state index is 14.0. The molecule has 41 heavy (non-hydrogen) atoms. The summed E-state index contributed by atoms with van der Waals surface area (Å²) >= 11 is 0. The van der Waals surface area contributed by atoms with Crippen molar-refractivity contribution >= 4 is 23.6 Å². The molecule has 4 rings (SSSR count). The molecule has 1 saturated heterocycles. The van der Waals surface area contributed by atoms with E-state index in [0.717, 1.165) is 11.1 Å². The van der Waals surface area contributed by atoms with Gasteiger partial charge in [-0.25, -0.2) is 0 Å². The summed E-state index contributed by atoms with van der Waals surface area (Å²) in [5, 5.41) is 10.6. The maximum Gasteiger partial charge on any atom is 0.306 e. The summed E-state index contributed by atoms with van der Waals surface area (Å²) in [5.74, 6) is -1.12. The number of amidine groups is 1. The zero-order chi connectivity index (χ0) is 29.4. The molecule has 2 amide bonds. The summed E-state index contributed by atoms with van der Waals surface area (Å²) in [6, 6.07) is 25.6. The molecule has 8 heteroatoms. The van der Waals surface area contributed by atoms with E-state index in [1.807, 2.05) is 79.4 Å². The summed E-state index contributed by atoms with van der Waals surface area (Å²) in [5.41, 5.74) is 7.35. The Balaban J connectivity index is 1.40. The van der Waals surface area contributed by atoms with E-state index in [2.05, 4.69) is 5.32 Å². The van der Waals surface area contributed by atoms with Gasteiger partial charge < -0.3 is 20.7 Å². The molecule has 4 N–H and O–H groups in total. The Morgan fingerprint density at radius 3 is 2.07 bits per heavy atom. The second-order valence-corrected chi connectivity index (χ2v) is 11.1. The number of nitrogens with one attached hydrogen (secondary N) is 2. The molecule has 1 fully saturated rings. The number of nitrogen functional groups attached to an aromatic ring is 1. The van der Waals surface area contributed by atoms with Crippen molar-refractivity contribution in [3.8, 4) is 0 Å². The minimum atomic E-state index is -0.910. The zero-order valence-corrected chi connectivity index (χ0v) is 23.6. The van der Waals surface area contributed by atoms with Gasteiger partial charge in [0.15, 0.2) is 0 Å². The lowest BCUT2D eigenvalue weighted by Crippen LogP contribution is -2.54. The molecule has 3 aromatic carbocycles. The van der Waals surface area contributed by atoms with E-state index in [0.29, 0.717) is 43.5 Å². The molecule has 3 aromatic rings. The van der Waals surface area contributed by atoms with Gasteiger partial charge in [-0.2, -0.15) is 0 Å². The predicted molar refractivity (Wildman–Crippen MR) is 158 cm³/mol. The fraction of sp³-hybridized carbons (Fsp3) is 0.333. The first-order valence-electron chi connectivity index (χ1n) is 13.9. The minimum Gasteiger partial charge on any atom is -0.461 e. The second-order valence-electron chi connectivity index (χ2n) is 11.1. The third-order valence-electron chi connectivity index (χ3n) is 7.62. The highest BCUT2D eigenvalue weighted by Crippen LogP contribution is 2.33. The largest absolute Gasteiger partial charge is 0.461 e. The normalized spacial score (nSPS) is 14.6. The van der Waals surface area contributed by atoms with Crippen LogP contribution in [-0.4, -0.2) is 47.1 Å². The van der Waals surface area contributed by atoms with Crippen LogP contribution in [0.3, 0.4) is 0 Å². The number of amides is 2. The summed E-state index contributed by atoms with van der Waals surface area (Å²) in [4.78, 5) is 41.5. The molecule has 0 aromatic heterocycles. The number of ether oxygens (including phenoxy) is 1. The van der Waals surface area contributed by atoms with Crippen molar-refractivity contribution in [2.45, 2.75) is 51.2 Å². The number of nitrogens with zero attached hydrogens (tertiary/aromatic N) is 1. The average Bonchev–Trinajstić information content (AvgIpc) is 2.97. The Morgan fingerprint density at radius 1 is 0.927 bits per heavy atom. The van der Waals surface area contributed by atoms with E-state index in [1.165, 1.54) is 0 Å². The first-order chi connectivity index (χ1) is 19.6. The lowest BCUT2D eigenvalue weighted by molar-refractivity contribution is -0.146. The summed E-state index contributed by atoms with van der Waals surface area (Å²) in [6.07, 6.45) is 1.76. The molecule has 1 atom stereocenters. The highest BCUT2D eigenvalue weighted by Gasteiger charge is 2.41. The van der Waals surface area contributed by atoms with Crippen LogP contribution in [0.15, 0.2) is 84.9 Å². The zero-order valence-electron chi connectivity index (χ0n) is 23.6. The third-order valence-corrected chi connectivity index (χ3v) is 7.62. The van der Waals surface area contributed by atoms with E-state index in [4.69, 9.17) is 15.9 Å². The molecule has 0 radical (unpaired) electrons. The topological polar surface area (TPSA) is 126 Å². The SMILES string of the molecule is CC(C)(NC(=O)c1ccc(C(=N)N)cc1)C(C(=O)N1CCC(CC(=O)OCc2ccccc2)CC1)c1ccccc1. The van der Waals surface area contributed by atoms with Crippen LogP contribution in [0.4, 0.5) is 0 Å². The Morgan fingerprint density at radius 2 is 1.49 bits per heavy atom. The molecule has 1 unspecified atom stereocenters. The van der Waals surface area contributed by atoms with Gasteiger partial charge >= 0.3 is 5.97 Å². The number of hydrogen-bond donors (Lipinski definition) is 3. The molecular weight excluding hydrogens is 516 g/mol. The lowest BCUT2D eigenvalue weighted by atomic mass is 9.79. The molecule has 1 aliphatic rings. The Labute approximate surface area is 241 Å². The standard InChI is InChI=1S/C33H38N4O4/c1-33(2,36-31(39)27-15-13-26(14-16-27)30(34)35)29(25-11-7-4-8-12-25)32(40)37-19-17-23(18-20-37)21-28(38)41-22-24-9-5-3-6-10-24/h3-16,23,29H,17-22H2,1-2H3,(H3,34,35)(H,36,39). The summed E-state index contributed by atoms with van der Waals surface area (Å²) in [7, 11) is 0. The molecule has 1 heterocycles. The molecule has 0 aliphatic carbocycles. The number of benzene rings is 3. The molecular formula is C33H38N4O4. The lowest BCUT2D eigenvalue weighted by Gasteiger charge is -2.40. The summed E-state index contributed by atoms with van der Waals surface area (Å²) < 4.78 is 5.46. The monoisotopic (exact) mass is 554 g/mol. The van der Waals surface area contributed by atoms with Crippen molar-refractivity contribution in [2.75, 3.05) is 13.1 Å². The van der Waals surface area contributed by atoms with Crippen molar-refractivity contribution in [3.05, 3.63) is 107 Å². The van der Waals surface area contributed by atoms with Gasteiger partial charge in [-0.15, -0.1) is 0 Å². The van der Waals surface area contributed by atoms with Gasteiger partial charge in [0.25, 0.3) is 5.91 Å². The maximum absolute atomic E-state index is 14.0. The molecule has 0 spiro atoms. The second kappa shape index (κ2) is 13.3. The van der Waals surface area contributed by atoms with Crippen molar-refractivity contribution < 1.29 is 19.1 Å². The number of esters is 1. The fourth-order valence-corrected chi connectivity index (χ4v) is 5.32. The van der Waals surface area contributed by atoms with Crippen LogP contribution < -0.4 is 11.1 Å². The van der Waals surface area contributed by atoms with Crippen LogP contribution in [-0.2, 0) is 20.9 Å². The predicted octanol–water partition coefficient (Wildman–Crippen LogP) is 4.63. The molecule has 0 saturated carbocycles. The average molecular weight is 555 g/mol. The Bertz CT molecular complexity index is 1350. The van der Waals surface area contributed by atoms with E-state index >= 15 is 0 Å². The first kappa shape index (κ1) is 29.5. The van der Waals surface area contributed by atoms with Gasteiger partial charge in [0.1, 0.15) is 12.4 Å². The highest BCUT2D eigenvalue weighted by atomic mass is 16.5. The number of rotatable bonds is 10. The number of nitrogens with two attached hydrogens (primary N) is 1. The van der Waals surface area contributed by atoms with Gasteiger partial charge in [-0.1, -0.05) is 72.8 Å². The number of carbonyl (C=O) groups excluding carboxylic acids is 3. The number of carbonyl (C=O) groups is 3. The van der Waals surface area contributed by atoms with Crippen LogP contribution in [0.25, 0.3) is 0 Å². The van der Waals surface area contributed by atoms with Crippen molar-refractivity contribution in [1.29, 1.82) is 5.41 Å². The van der Waals surface area contributed by atoms with Crippen LogP contribution in [0.5, 0.6) is 0 Å². The van der Waals surface area contributed by atoms with Crippen molar-refractivity contribution in [3.63, 3.8) is 0 Å². The van der Waals surface area contributed by atoms with Gasteiger partial charge in [-0.05, 0) is 55.9 Å². The number of likely N-dealkylation sites (tertiary alicyclic amines) is 1. The van der Waals surface area contributed by atoms with Gasteiger partial charge in [0.05, 0.1) is 11.5 Å². The summed E-state index contributed by atoms with van der Waals surface area (Å²) in [6.45, 7) is 5.06. The molecule has 214 valence electrons. The van der Waals surface area contributed by atoms with E-state index in [1.54, 1.807) is 24.3 Å². The smallest absolute Gasteiger partial charge is 0.306 e. The van der Waals surface area contributed by atoms with Crippen molar-refractivity contribution in [1.82, 2.24) is 10.2 Å². The van der Waals surface area contributed by atoms with Gasteiger partial charge in [-0.3, -0.25) is 19.8 Å². The number of piperidine rings is 1. The Hall–Kier alpha value is -4.46. The minimum absolute atomic E-state index is 0.0569. The van der Waals surface area contributed by atoms with Crippen LogP contribution in [0.2, 0.25) is 0 Å². The molecule has 8 nitrogen and oxygen atoms in total. The molecule has 0 bridgehead atoms. The molecule has 1 aliphatic heterocycles. The van der Waals surface area contributed by atoms with E-state index < -0.39 is 11.5 Å². The first-order valence-corrected chi connectivity index (χ1v) is 13.9. The quantitative estimate of drug-likeness (QED) is 0.191. The van der Waals surface area contributed by atoms with Crippen LogP contribution in [0.1, 0.15) is 66.1 Å². The van der Waals surface area contributed by atoms with E-state index in [9.17, 15) is 14.4 Å². The Kier molecular flexibility index (Phi) is 9.55.